The van der Waals surface area contributed by atoms with Gasteiger partial charge in [-0.15, -0.1) is 0 Å². The van der Waals surface area contributed by atoms with E-state index in [-0.39, 0.29) is 12.0 Å². The van der Waals surface area contributed by atoms with Crippen molar-refractivity contribution in [1.82, 2.24) is 0 Å². The maximum absolute atomic E-state index is 10.2. The molecule has 2 aromatic carbocycles. The molecule has 0 aliphatic carbocycles. The van der Waals surface area contributed by atoms with Crippen LogP contribution in [0.15, 0.2) is 60.7 Å². The normalized spacial score (nSPS) is 16.2. The standard InChI is InChI=1S/C19H26OSi/c1-15(16(2)20)19(17-11-7-5-8-12-17)21(3,4)18-13-9-6-10-14-18/h5-16,19-20H,1-4H3. The molecule has 0 saturated heterocycles. The molecule has 0 aromatic heterocycles. The van der Waals surface area contributed by atoms with Gasteiger partial charge < -0.3 is 5.11 Å². The van der Waals surface area contributed by atoms with Crippen LogP contribution in [-0.2, 0) is 0 Å². The summed E-state index contributed by atoms with van der Waals surface area (Å²) < 4.78 is 0. The largest absolute Gasteiger partial charge is 0.393 e. The second kappa shape index (κ2) is 6.59. The van der Waals surface area contributed by atoms with E-state index in [1.807, 2.05) is 6.92 Å². The number of hydrogen-bond donors (Lipinski definition) is 1. The first-order chi connectivity index (χ1) is 9.94. The smallest absolute Gasteiger partial charge is 0.0883 e. The summed E-state index contributed by atoms with van der Waals surface area (Å²) in [6.07, 6.45) is -0.300. The van der Waals surface area contributed by atoms with Gasteiger partial charge in [0.15, 0.2) is 0 Å². The van der Waals surface area contributed by atoms with Crippen molar-refractivity contribution in [3.05, 3.63) is 66.2 Å². The van der Waals surface area contributed by atoms with Crippen molar-refractivity contribution in [3.63, 3.8) is 0 Å². The molecule has 0 amide bonds. The number of aliphatic hydroxyl groups excluding tert-OH is 1. The van der Waals surface area contributed by atoms with E-state index in [1.165, 1.54) is 10.8 Å². The molecule has 1 nitrogen and oxygen atoms in total. The first-order valence-electron chi connectivity index (χ1n) is 7.73. The van der Waals surface area contributed by atoms with Gasteiger partial charge in [-0.05, 0) is 23.9 Å². The van der Waals surface area contributed by atoms with Crippen molar-refractivity contribution >= 4 is 13.3 Å². The van der Waals surface area contributed by atoms with Gasteiger partial charge in [0, 0.05) is 0 Å². The minimum atomic E-state index is -1.74. The van der Waals surface area contributed by atoms with Gasteiger partial charge in [-0.1, -0.05) is 85.9 Å². The van der Waals surface area contributed by atoms with Crippen LogP contribution in [0.5, 0.6) is 0 Å². The molecule has 0 heterocycles. The van der Waals surface area contributed by atoms with Gasteiger partial charge >= 0.3 is 0 Å². The average Bonchev–Trinajstić information content (AvgIpc) is 2.49. The summed E-state index contributed by atoms with van der Waals surface area (Å²) in [5, 5.41) is 11.6. The lowest BCUT2D eigenvalue weighted by Gasteiger charge is -2.39. The molecule has 2 aromatic rings. The SMILES string of the molecule is CC(O)C(C)C(c1ccccc1)[Si](C)(C)c1ccccc1. The van der Waals surface area contributed by atoms with Gasteiger partial charge in [0.1, 0.15) is 0 Å². The zero-order chi connectivity index (χ0) is 15.5. The quantitative estimate of drug-likeness (QED) is 0.829. The highest BCUT2D eigenvalue weighted by Gasteiger charge is 2.39. The predicted octanol–water partition coefficient (Wildman–Crippen LogP) is 3.94. The first kappa shape index (κ1) is 16.0. The van der Waals surface area contributed by atoms with Crippen molar-refractivity contribution < 1.29 is 5.11 Å². The second-order valence-electron chi connectivity index (χ2n) is 6.58. The molecule has 2 heteroatoms. The van der Waals surface area contributed by atoms with Crippen molar-refractivity contribution in [3.8, 4) is 0 Å². The summed E-state index contributed by atoms with van der Waals surface area (Å²) in [7, 11) is -1.74. The third-order valence-electron chi connectivity index (χ3n) is 4.74. The molecule has 2 rings (SSSR count). The Morgan fingerprint density at radius 1 is 0.810 bits per heavy atom. The third kappa shape index (κ3) is 3.45. The topological polar surface area (TPSA) is 20.2 Å². The second-order valence-corrected chi connectivity index (χ2v) is 11.2. The minimum Gasteiger partial charge on any atom is -0.393 e. The van der Waals surface area contributed by atoms with E-state index in [4.69, 9.17) is 0 Å². The molecule has 0 aliphatic heterocycles. The van der Waals surface area contributed by atoms with E-state index in [2.05, 4.69) is 80.7 Å². The molecule has 0 saturated carbocycles. The molecule has 0 fully saturated rings. The first-order valence-corrected chi connectivity index (χ1v) is 10.8. The maximum atomic E-state index is 10.2. The highest BCUT2D eigenvalue weighted by Crippen LogP contribution is 2.35. The Morgan fingerprint density at radius 3 is 1.76 bits per heavy atom. The Balaban J connectivity index is 2.49. The van der Waals surface area contributed by atoms with Crippen LogP contribution in [0.2, 0.25) is 13.1 Å². The molecule has 0 bridgehead atoms. The zero-order valence-corrected chi connectivity index (χ0v) is 14.5. The van der Waals surface area contributed by atoms with Gasteiger partial charge in [0.05, 0.1) is 14.2 Å². The van der Waals surface area contributed by atoms with Crippen LogP contribution in [0, 0.1) is 5.92 Å². The Kier molecular flexibility index (Phi) is 5.02. The van der Waals surface area contributed by atoms with Crippen molar-refractivity contribution in [2.45, 2.75) is 38.6 Å². The Hall–Kier alpha value is -1.38. The number of rotatable bonds is 5. The molecule has 0 aliphatic rings. The van der Waals surface area contributed by atoms with Gasteiger partial charge in [-0.25, -0.2) is 0 Å². The molecule has 112 valence electrons. The van der Waals surface area contributed by atoms with E-state index in [1.54, 1.807) is 0 Å². The van der Waals surface area contributed by atoms with E-state index in [0.29, 0.717) is 5.54 Å². The lowest BCUT2D eigenvalue weighted by molar-refractivity contribution is 0.131. The molecule has 0 radical (unpaired) electrons. The average molecular weight is 299 g/mol. The van der Waals surface area contributed by atoms with Gasteiger partial charge in [0.25, 0.3) is 0 Å². The third-order valence-corrected chi connectivity index (χ3v) is 8.98. The van der Waals surface area contributed by atoms with Crippen LogP contribution in [0.25, 0.3) is 0 Å². The fourth-order valence-corrected chi connectivity index (χ4v) is 7.39. The summed E-state index contributed by atoms with van der Waals surface area (Å²) >= 11 is 0. The summed E-state index contributed by atoms with van der Waals surface area (Å²) in [6.45, 7) is 8.92. The van der Waals surface area contributed by atoms with Crippen LogP contribution in [-0.4, -0.2) is 19.3 Å². The molecule has 3 unspecified atom stereocenters. The fourth-order valence-electron chi connectivity index (χ4n) is 3.36. The van der Waals surface area contributed by atoms with Crippen LogP contribution in [0.3, 0.4) is 0 Å². The summed E-state index contributed by atoms with van der Waals surface area (Å²) in [4.78, 5) is 0. The lowest BCUT2D eigenvalue weighted by atomic mass is 9.96. The number of benzene rings is 2. The van der Waals surface area contributed by atoms with Gasteiger partial charge in [0.2, 0.25) is 0 Å². The molecule has 1 N–H and O–H groups in total. The molecule has 21 heavy (non-hydrogen) atoms. The summed E-state index contributed by atoms with van der Waals surface area (Å²) in [6, 6.07) is 21.5. The highest BCUT2D eigenvalue weighted by atomic mass is 28.3. The van der Waals surface area contributed by atoms with Crippen molar-refractivity contribution in [2.24, 2.45) is 5.92 Å². The Bertz CT molecular complexity index is 548. The molecular weight excluding hydrogens is 272 g/mol. The minimum absolute atomic E-state index is 0.245. The van der Waals surface area contributed by atoms with Crippen molar-refractivity contribution in [2.75, 3.05) is 0 Å². The fraction of sp³-hybridized carbons (Fsp3) is 0.368. The van der Waals surface area contributed by atoms with Gasteiger partial charge in [-0.2, -0.15) is 0 Å². The monoisotopic (exact) mass is 298 g/mol. The number of aliphatic hydroxyl groups is 1. The highest BCUT2D eigenvalue weighted by molar-refractivity contribution is 6.91. The Labute approximate surface area is 129 Å². The number of hydrogen-bond acceptors (Lipinski definition) is 1. The van der Waals surface area contributed by atoms with Gasteiger partial charge in [-0.3, -0.25) is 0 Å². The molecule has 0 spiro atoms. The lowest BCUT2D eigenvalue weighted by Crippen LogP contribution is -2.51. The van der Waals surface area contributed by atoms with Crippen LogP contribution < -0.4 is 5.19 Å². The Morgan fingerprint density at radius 2 is 1.29 bits per heavy atom. The molecule has 3 atom stereocenters. The van der Waals surface area contributed by atoms with Crippen LogP contribution >= 0.6 is 0 Å². The molecular formula is C19H26OSi. The van der Waals surface area contributed by atoms with Crippen LogP contribution in [0.4, 0.5) is 0 Å². The van der Waals surface area contributed by atoms with E-state index < -0.39 is 8.07 Å². The van der Waals surface area contributed by atoms with Crippen LogP contribution in [0.1, 0.15) is 25.0 Å². The maximum Gasteiger partial charge on any atom is 0.0883 e. The van der Waals surface area contributed by atoms with E-state index >= 15 is 0 Å². The van der Waals surface area contributed by atoms with E-state index in [0.717, 1.165) is 0 Å². The summed E-state index contributed by atoms with van der Waals surface area (Å²) in [5.74, 6) is 0.245. The summed E-state index contributed by atoms with van der Waals surface area (Å²) in [5.41, 5.74) is 1.76. The van der Waals surface area contributed by atoms with E-state index in [9.17, 15) is 5.11 Å². The zero-order valence-electron chi connectivity index (χ0n) is 13.5. The van der Waals surface area contributed by atoms with Crippen molar-refractivity contribution in [1.29, 1.82) is 0 Å². The predicted molar refractivity (Wildman–Crippen MR) is 93.6 cm³/mol.